The molecule has 0 heterocycles. The van der Waals surface area contributed by atoms with Crippen molar-refractivity contribution in [1.29, 1.82) is 0 Å². The molecule has 0 radical (unpaired) electrons. The first kappa shape index (κ1) is 13.8. The largest absolute Gasteiger partial charge is 0.283 e. The lowest BCUT2D eigenvalue weighted by molar-refractivity contribution is -0.385. The Balaban J connectivity index is 2.07. The highest BCUT2D eigenvalue weighted by Gasteiger charge is 2.22. The Labute approximate surface area is 114 Å². The van der Waals surface area contributed by atoms with Crippen LogP contribution in [0, 0.1) is 10.1 Å². The number of halogens is 1. The van der Waals surface area contributed by atoms with Crippen molar-refractivity contribution in [2.45, 2.75) is 31.8 Å². The first-order valence-corrected chi connectivity index (χ1v) is 6.35. The number of hydrogen-bond acceptors (Lipinski definition) is 4. The molecule has 1 aliphatic carbocycles. The predicted octanol–water partition coefficient (Wildman–Crippen LogP) is 2.85. The molecule has 0 bridgehead atoms. The van der Waals surface area contributed by atoms with Crippen molar-refractivity contribution in [2.24, 2.45) is 0 Å². The average molecular weight is 285 g/mol. The maximum atomic E-state index is 11.9. The number of nitrogens with one attached hydrogen (secondary N) is 1. The second-order valence-corrected chi connectivity index (χ2v) is 4.81. The van der Waals surface area contributed by atoms with E-state index in [-0.39, 0.29) is 22.4 Å². The molecule has 0 aliphatic heterocycles. The van der Waals surface area contributed by atoms with Crippen LogP contribution in [0.2, 0.25) is 5.02 Å². The Hall–Kier alpha value is -1.66. The lowest BCUT2D eigenvalue weighted by Crippen LogP contribution is -2.28. The number of nitro groups is 1. The van der Waals surface area contributed by atoms with Gasteiger partial charge in [-0.25, -0.2) is 5.48 Å². The van der Waals surface area contributed by atoms with Crippen molar-refractivity contribution in [3.63, 3.8) is 0 Å². The number of benzene rings is 1. The van der Waals surface area contributed by atoms with E-state index in [1.807, 2.05) is 0 Å². The van der Waals surface area contributed by atoms with Crippen LogP contribution in [0.5, 0.6) is 0 Å². The minimum atomic E-state index is -0.642. The van der Waals surface area contributed by atoms with Gasteiger partial charge < -0.3 is 0 Å². The summed E-state index contributed by atoms with van der Waals surface area (Å²) in [5, 5.41) is 11.1. The fraction of sp³-hybridized carbons (Fsp3) is 0.417. The molecule has 1 N–H and O–H groups in total. The number of nitrogens with zero attached hydrogens (tertiary/aromatic N) is 1. The number of hydrogen-bond donors (Lipinski definition) is 1. The molecule has 1 fully saturated rings. The Morgan fingerprint density at radius 2 is 2.11 bits per heavy atom. The molecule has 2 rings (SSSR count). The van der Waals surface area contributed by atoms with E-state index in [1.54, 1.807) is 0 Å². The third-order valence-corrected chi connectivity index (χ3v) is 3.26. The van der Waals surface area contributed by atoms with Gasteiger partial charge in [-0.15, -0.1) is 0 Å². The normalized spacial score (nSPS) is 15.4. The van der Waals surface area contributed by atoms with Crippen LogP contribution in [0.15, 0.2) is 18.2 Å². The molecule has 0 unspecified atom stereocenters. The molecule has 0 atom stereocenters. The highest BCUT2D eigenvalue weighted by atomic mass is 35.5. The van der Waals surface area contributed by atoms with E-state index >= 15 is 0 Å². The second kappa shape index (κ2) is 5.99. The number of nitro benzene ring substituents is 1. The van der Waals surface area contributed by atoms with Crippen LogP contribution in [0.1, 0.15) is 36.0 Å². The van der Waals surface area contributed by atoms with Crippen LogP contribution in [0.4, 0.5) is 5.69 Å². The molecule has 1 amide bonds. The zero-order valence-electron chi connectivity index (χ0n) is 10.1. The van der Waals surface area contributed by atoms with Crippen LogP contribution in [-0.2, 0) is 4.84 Å². The fourth-order valence-corrected chi connectivity index (χ4v) is 2.21. The lowest BCUT2D eigenvalue weighted by atomic mass is 10.2. The summed E-state index contributed by atoms with van der Waals surface area (Å²) >= 11 is 5.68. The summed E-state index contributed by atoms with van der Waals surface area (Å²) in [5.74, 6) is -0.629. The number of carbonyl (C=O) groups excluding carboxylic acids is 1. The summed E-state index contributed by atoms with van der Waals surface area (Å²) in [6.45, 7) is 0. The smallest absolute Gasteiger partial charge is 0.270 e. The van der Waals surface area contributed by atoms with Crippen molar-refractivity contribution in [3.05, 3.63) is 38.9 Å². The standard InChI is InChI=1S/C12H13ClN2O4/c13-8-5-6-10(11(7-8)15(17)18)12(16)14-19-9-3-1-2-4-9/h5-7,9H,1-4H2,(H,14,16). The van der Waals surface area contributed by atoms with Gasteiger partial charge in [0.2, 0.25) is 0 Å². The van der Waals surface area contributed by atoms with E-state index < -0.39 is 10.8 Å². The molecule has 1 aromatic rings. The van der Waals surface area contributed by atoms with E-state index in [4.69, 9.17) is 16.4 Å². The van der Waals surface area contributed by atoms with E-state index in [9.17, 15) is 14.9 Å². The molecule has 1 saturated carbocycles. The molecular weight excluding hydrogens is 272 g/mol. The Kier molecular flexibility index (Phi) is 4.34. The minimum absolute atomic E-state index is 0.00435. The quantitative estimate of drug-likeness (QED) is 0.681. The summed E-state index contributed by atoms with van der Waals surface area (Å²) in [5.41, 5.74) is 1.87. The first-order chi connectivity index (χ1) is 9.08. The SMILES string of the molecule is O=C(NOC1CCCC1)c1ccc(Cl)cc1[N+](=O)[O-]. The Morgan fingerprint density at radius 3 is 2.74 bits per heavy atom. The van der Waals surface area contributed by atoms with Crippen LogP contribution in [-0.4, -0.2) is 16.9 Å². The van der Waals surface area contributed by atoms with E-state index in [2.05, 4.69) is 5.48 Å². The van der Waals surface area contributed by atoms with Gasteiger partial charge >= 0.3 is 0 Å². The highest BCUT2D eigenvalue weighted by molar-refractivity contribution is 6.31. The Morgan fingerprint density at radius 1 is 1.42 bits per heavy atom. The van der Waals surface area contributed by atoms with Crippen molar-refractivity contribution < 1.29 is 14.6 Å². The molecule has 102 valence electrons. The average Bonchev–Trinajstić information content (AvgIpc) is 2.88. The van der Waals surface area contributed by atoms with Gasteiger partial charge in [-0.1, -0.05) is 24.4 Å². The van der Waals surface area contributed by atoms with Gasteiger partial charge in [0.05, 0.1) is 11.0 Å². The molecule has 6 nitrogen and oxygen atoms in total. The Bertz CT molecular complexity index is 501. The van der Waals surface area contributed by atoms with Gasteiger partial charge in [0, 0.05) is 11.1 Å². The number of carbonyl (C=O) groups is 1. The van der Waals surface area contributed by atoms with Crippen LogP contribution in [0.3, 0.4) is 0 Å². The number of amides is 1. The third kappa shape index (κ3) is 3.42. The lowest BCUT2D eigenvalue weighted by Gasteiger charge is -2.11. The zero-order chi connectivity index (χ0) is 13.8. The molecule has 19 heavy (non-hydrogen) atoms. The maximum absolute atomic E-state index is 11.9. The van der Waals surface area contributed by atoms with Gasteiger partial charge in [-0.05, 0) is 25.0 Å². The summed E-state index contributed by atoms with van der Waals surface area (Å²) in [6.07, 6.45) is 3.92. The van der Waals surface area contributed by atoms with E-state index in [1.165, 1.54) is 12.1 Å². The van der Waals surface area contributed by atoms with Gasteiger partial charge in [0.15, 0.2) is 0 Å². The van der Waals surface area contributed by atoms with E-state index in [0.29, 0.717) is 0 Å². The number of rotatable bonds is 4. The zero-order valence-corrected chi connectivity index (χ0v) is 10.9. The van der Waals surface area contributed by atoms with Crippen LogP contribution >= 0.6 is 11.6 Å². The highest BCUT2D eigenvalue weighted by Crippen LogP contribution is 2.24. The molecule has 0 saturated heterocycles. The summed E-state index contributed by atoms with van der Waals surface area (Å²) < 4.78 is 0. The topological polar surface area (TPSA) is 81.5 Å². The van der Waals surface area contributed by atoms with Crippen molar-refractivity contribution in [2.75, 3.05) is 0 Å². The van der Waals surface area contributed by atoms with Crippen LogP contribution in [0.25, 0.3) is 0 Å². The summed E-state index contributed by atoms with van der Waals surface area (Å²) in [4.78, 5) is 27.3. The summed E-state index contributed by atoms with van der Waals surface area (Å²) in [6, 6.07) is 3.89. The minimum Gasteiger partial charge on any atom is -0.270 e. The van der Waals surface area contributed by atoms with Gasteiger partial charge in [-0.3, -0.25) is 19.7 Å². The maximum Gasteiger partial charge on any atom is 0.283 e. The molecule has 0 spiro atoms. The predicted molar refractivity (Wildman–Crippen MR) is 68.9 cm³/mol. The molecule has 1 aliphatic rings. The first-order valence-electron chi connectivity index (χ1n) is 5.98. The molecule has 0 aromatic heterocycles. The molecular formula is C12H13ClN2O4. The van der Waals surface area contributed by atoms with Crippen molar-refractivity contribution >= 4 is 23.2 Å². The van der Waals surface area contributed by atoms with Crippen LogP contribution < -0.4 is 5.48 Å². The number of hydroxylamine groups is 1. The van der Waals surface area contributed by atoms with Gasteiger partial charge in [0.1, 0.15) is 5.56 Å². The van der Waals surface area contributed by atoms with Gasteiger partial charge in [-0.2, -0.15) is 0 Å². The monoisotopic (exact) mass is 284 g/mol. The van der Waals surface area contributed by atoms with E-state index in [0.717, 1.165) is 31.7 Å². The molecule has 7 heteroatoms. The fourth-order valence-electron chi connectivity index (χ4n) is 2.05. The van der Waals surface area contributed by atoms with Gasteiger partial charge in [0.25, 0.3) is 11.6 Å². The van der Waals surface area contributed by atoms with Crippen molar-refractivity contribution in [1.82, 2.24) is 5.48 Å². The molecule has 1 aromatic carbocycles. The van der Waals surface area contributed by atoms with Crippen molar-refractivity contribution in [3.8, 4) is 0 Å². The third-order valence-electron chi connectivity index (χ3n) is 3.02. The summed E-state index contributed by atoms with van der Waals surface area (Å²) in [7, 11) is 0. The second-order valence-electron chi connectivity index (χ2n) is 4.37.